The van der Waals surface area contributed by atoms with Gasteiger partial charge in [0.1, 0.15) is 6.26 Å². The highest BCUT2D eigenvalue weighted by atomic mass is 32.2. The average molecular weight is 389 g/mol. The zero-order valence-electron chi connectivity index (χ0n) is 13.7. The maximum Gasteiger partial charge on any atom is 0.417 e. The van der Waals surface area contributed by atoms with E-state index in [4.69, 9.17) is 0 Å². The fourth-order valence-electron chi connectivity index (χ4n) is 1.93. The van der Waals surface area contributed by atoms with Crippen molar-refractivity contribution in [1.29, 1.82) is 0 Å². The largest absolute Gasteiger partial charge is 0.420 e. The van der Waals surface area contributed by atoms with E-state index in [0.29, 0.717) is 5.69 Å². The molecule has 2 rings (SSSR count). The van der Waals surface area contributed by atoms with Gasteiger partial charge in [0.25, 0.3) is 10.0 Å². The monoisotopic (exact) mass is 389 g/mol. The van der Waals surface area contributed by atoms with Crippen molar-refractivity contribution in [3.8, 4) is 0 Å². The van der Waals surface area contributed by atoms with Crippen molar-refractivity contribution in [3.63, 3.8) is 0 Å². The second-order valence-corrected chi connectivity index (χ2v) is 6.35. The van der Waals surface area contributed by atoms with Crippen LogP contribution in [0.25, 0.3) is 0 Å². The molecule has 0 heterocycles. The highest BCUT2D eigenvalue weighted by molar-refractivity contribution is 7.92. The van der Waals surface area contributed by atoms with E-state index in [0.717, 1.165) is 24.5 Å². The maximum atomic E-state index is 13.0. The van der Waals surface area contributed by atoms with Gasteiger partial charge in [0.05, 0.1) is 21.8 Å². The van der Waals surface area contributed by atoms with E-state index >= 15 is 0 Å². The van der Waals surface area contributed by atoms with Gasteiger partial charge >= 0.3 is 6.18 Å². The predicted octanol–water partition coefficient (Wildman–Crippen LogP) is 3.57. The Morgan fingerprint density at radius 1 is 1.08 bits per heavy atom. The fourth-order valence-corrected chi connectivity index (χ4v) is 3.23. The number of alkyl halides is 3. The predicted molar refractivity (Wildman–Crippen MR) is 93.7 cm³/mol. The summed E-state index contributed by atoms with van der Waals surface area (Å²) in [6.07, 6.45) is -3.60. The molecule has 26 heavy (non-hydrogen) atoms. The van der Waals surface area contributed by atoms with Gasteiger partial charge in [-0.3, -0.25) is 4.72 Å². The van der Waals surface area contributed by atoms with Crippen LogP contribution in [-0.4, -0.2) is 15.5 Å². The van der Waals surface area contributed by atoms with Crippen LogP contribution in [0.2, 0.25) is 0 Å². The molecule has 4 N–H and O–H groups in total. The third kappa shape index (κ3) is 5.67. The molecule has 0 amide bonds. The van der Waals surface area contributed by atoms with Gasteiger partial charge in [0.15, 0.2) is 0 Å². The van der Waals surface area contributed by atoms with Crippen molar-refractivity contribution >= 4 is 21.4 Å². The van der Waals surface area contributed by atoms with Crippen LogP contribution in [0.5, 0.6) is 0 Å². The van der Waals surface area contributed by atoms with Crippen molar-refractivity contribution in [1.82, 2.24) is 0 Å². The van der Waals surface area contributed by atoms with Gasteiger partial charge in [0.2, 0.25) is 0 Å². The number of halogens is 3. The first kappa shape index (κ1) is 21.3. The quantitative estimate of drug-likeness (QED) is 0.537. The lowest BCUT2D eigenvalue weighted by molar-refractivity contribution is -0.139. The van der Waals surface area contributed by atoms with Crippen LogP contribution < -0.4 is 15.9 Å². The van der Waals surface area contributed by atoms with Gasteiger partial charge in [-0.2, -0.15) is 19.1 Å². The van der Waals surface area contributed by atoms with E-state index in [1.54, 1.807) is 25.2 Å². The van der Waals surface area contributed by atoms with Crippen molar-refractivity contribution in [3.05, 3.63) is 66.9 Å². The summed E-state index contributed by atoms with van der Waals surface area (Å²) in [6, 6.07) is 10.4. The second kappa shape index (κ2) is 9.11. The molecule has 0 aromatic heterocycles. The molecule has 10 heteroatoms. The minimum atomic E-state index is -4.76. The Labute approximate surface area is 149 Å². The molecule has 0 bridgehead atoms. The number of rotatable bonds is 5. The number of hydrogen-bond acceptors (Lipinski definition) is 5. The van der Waals surface area contributed by atoms with Crippen molar-refractivity contribution < 1.29 is 26.4 Å². The molecule has 0 fully saturated rings. The smallest absolute Gasteiger partial charge is 0.417 e. The van der Waals surface area contributed by atoms with Gasteiger partial charge in [0, 0.05) is 7.05 Å². The topological polar surface area (TPSA) is 93.4 Å². The zero-order valence-corrected chi connectivity index (χ0v) is 14.6. The van der Waals surface area contributed by atoms with Crippen LogP contribution >= 0.6 is 0 Å². The standard InChI is InChI=1S/C14H13F3N2O2S.C2H5NO/c1-18-11-7-3-4-8-12(11)19-22(20,21)13-9-5-2-6-10(13)14(15,16)17;1-2-4-3/h2-9,18-19H,1H3;2H,1,3H2. The van der Waals surface area contributed by atoms with Crippen LogP contribution in [-0.2, 0) is 21.0 Å². The summed E-state index contributed by atoms with van der Waals surface area (Å²) in [6.45, 7) is 3.13. The first-order valence-electron chi connectivity index (χ1n) is 7.09. The first-order chi connectivity index (χ1) is 12.2. The summed E-state index contributed by atoms with van der Waals surface area (Å²) in [5.74, 6) is 4.41. The molecule has 142 valence electrons. The number of benzene rings is 2. The van der Waals surface area contributed by atoms with Crippen molar-refractivity contribution in [2.45, 2.75) is 11.1 Å². The van der Waals surface area contributed by atoms with E-state index < -0.39 is 26.7 Å². The molecule has 6 nitrogen and oxygen atoms in total. The van der Waals surface area contributed by atoms with E-state index in [9.17, 15) is 21.6 Å². The molecule has 0 aliphatic heterocycles. The Balaban J connectivity index is 0.000000765. The number of para-hydroxylation sites is 2. The minimum Gasteiger partial charge on any atom is -0.420 e. The summed E-state index contributed by atoms with van der Waals surface area (Å²) in [4.78, 5) is 2.99. The normalized spacial score (nSPS) is 11.0. The molecule has 0 unspecified atom stereocenters. The molecule has 2 aromatic carbocycles. The van der Waals surface area contributed by atoms with Crippen molar-refractivity contribution in [2.24, 2.45) is 5.90 Å². The van der Waals surface area contributed by atoms with Crippen LogP contribution in [0.4, 0.5) is 24.5 Å². The molecular formula is C16H18F3N3O3S. The van der Waals surface area contributed by atoms with Crippen LogP contribution in [0.1, 0.15) is 5.56 Å². The van der Waals surface area contributed by atoms with Gasteiger partial charge < -0.3 is 10.2 Å². The summed E-state index contributed by atoms with van der Waals surface area (Å²) >= 11 is 0. The van der Waals surface area contributed by atoms with Gasteiger partial charge in [-0.05, 0) is 24.3 Å². The van der Waals surface area contributed by atoms with E-state index in [2.05, 4.69) is 27.4 Å². The molecular weight excluding hydrogens is 371 g/mol. The Morgan fingerprint density at radius 3 is 2.08 bits per heavy atom. The number of anilines is 2. The second-order valence-electron chi connectivity index (χ2n) is 4.70. The molecule has 0 spiro atoms. The maximum absolute atomic E-state index is 13.0. The van der Waals surface area contributed by atoms with Crippen LogP contribution in [0.15, 0.2) is 66.3 Å². The number of nitrogens with one attached hydrogen (secondary N) is 2. The van der Waals surface area contributed by atoms with Crippen LogP contribution in [0.3, 0.4) is 0 Å². The molecule has 0 aliphatic rings. The first-order valence-corrected chi connectivity index (χ1v) is 8.58. The molecule has 0 saturated heterocycles. The summed E-state index contributed by atoms with van der Waals surface area (Å²) in [5, 5.41) is 2.77. The molecule has 0 radical (unpaired) electrons. The number of sulfonamides is 1. The highest BCUT2D eigenvalue weighted by Crippen LogP contribution is 2.35. The Morgan fingerprint density at radius 2 is 1.58 bits per heavy atom. The van der Waals surface area contributed by atoms with E-state index in [1.807, 2.05) is 0 Å². The SMILES string of the molecule is C=CON.CNc1ccccc1NS(=O)(=O)c1ccccc1C(F)(F)F. The zero-order chi connectivity index (χ0) is 19.8. The van der Waals surface area contributed by atoms with E-state index in [1.165, 1.54) is 12.1 Å². The lowest BCUT2D eigenvalue weighted by Crippen LogP contribution is -2.19. The summed E-state index contributed by atoms with van der Waals surface area (Å²) in [5.41, 5.74) is -0.581. The number of nitrogens with two attached hydrogens (primary N) is 1. The fraction of sp³-hybridized carbons (Fsp3) is 0.125. The van der Waals surface area contributed by atoms with Gasteiger partial charge in [-0.15, -0.1) is 0 Å². The molecule has 0 atom stereocenters. The average Bonchev–Trinajstić information content (AvgIpc) is 2.61. The third-order valence-corrected chi connectivity index (χ3v) is 4.44. The molecule has 0 saturated carbocycles. The lowest BCUT2D eigenvalue weighted by Gasteiger charge is -2.16. The molecule has 0 aliphatic carbocycles. The molecule has 2 aromatic rings. The highest BCUT2D eigenvalue weighted by Gasteiger charge is 2.37. The Hall–Kier alpha value is -2.72. The number of hydrogen-bond donors (Lipinski definition) is 3. The Bertz CT molecular complexity index is 840. The lowest BCUT2D eigenvalue weighted by atomic mass is 10.2. The van der Waals surface area contributed by atoms with Gasteiger partial charge in [-0.1, -0.05) is 30.8 Å². The summed E-state index contributed by atoms with van der Waals surface area (Å²) < 4.78 is 65.6. The van der Waals surface area contributed by atoms with Crippen LogP contribution in [0, 0.1) is 0 Å². The minimum absolute atomic E-state index is 0.168. The van der Waals surface area contributed by atoms with E-state index in [-0.39, 0.29) is 5.69 Å². The van der Waals surface area contributed by atoms with Gasteiger partial charge in [-0.25, -0.2) is 8.42 Å². The Kier molecular flexibility index (Phi) is 7.47. The third-order valence-electron chi connectivity index (χ3n) is 3.02. The van der Waals surface area contributed by atoms with Crippen molar-refractivity contribution in [2.75, 3.05) is 17.1 Å². The summed E-state index contributed by atoms with van der Waals surface area (Å²) in [7, 11) is -2.79.